The van der Waals surface area contributed by atoms with Crippen molar-refractivity contribution in [3.63, 3.8) is 0 Å². The van der Waals surface area contributed by atoms with E-state index in [2.05, 4.69) is 69.1 Å². The summed E-state index contributed by atoms with van der Waals surface area (Å²) in [4.78, 5) is 25.2. The molecule has 40 heavy (non-hydrogen) atoms. The van der Waals surface area contributed by atoms with Gasteiger partial charge in [-0.3, -0.25) is 9.59 Å². The van der Waals surface area contributed by atoms with Crippen molar-refractivity contribution in [1.29, 1.82) is 0 Å². The van der Waals surface area contributed by atoms with Gasteiger partial charge in [-0.15, -0.1) is 20.4 Å². The van der Waals surface area contributed by atoms with Gasteiger partial charge in [-0.1, -0.05) is 91.5 Å². The Hall–Kier alpha value is -3.50. The molecule has 2 N–H and O–H groups in total. The molecule has 0 bridgehead atoms. The molecule has 0 unspecified atom stereocenters. The van der Waals surface area contributed by atoms with Gasteiger partial charge >= 0.3 is 0 Å². The van der Waals surface area contributed by atoms with Gasteiger partial charge in [-0.2, -0.15) is 0 Å². The number of carbonyl (C=O) groups is 2. The Kier molecular flexibility index (Phi) is 9.28. The molecule has 0 radical (unpaired) electrons. The molecule has 1 saturated carbocycles. The van der Waals surface area contributed by atoms with Gasteiger partial charge in [-0.25, -0.2) is 0 Å². The second kappa shape index (κ2) is 13.2. The van der Waals surface area contributed by atoms with Crippen LogP contribution in [0.25, 0.3) is 0 Å². The SMILES string of the molecule is CCc1cccc(CC(=O)Nc2nnc([C@H]3CCC[C@H](c4nnc(NC(=O)Cc5cccc(CC)c5)s4)C3)s2)c1. The summed E-state index contributed by atoms with van der Waals surface area (Å²) in [5.74, 6) is 0.352. The number of hydrogen-bond donors (Lipinski definition) is 2. The van der Waals surface area contributed by atoms with E-state index in [0.717, 1.165) is 59.7 Å². The Morgan fingerprint density at radius 3 is 1.62 bits per heavy atom. The summed E-state index contributed by atoms with van der Waals surface area (Å²) in [7, 11) is 0. The lowest BCUT2D eigenvalue weighted by Crippen LogP contribution is -2.14. The maximum Gasteiger partial charge on any atom is 0.230 e. The molecule has 2 aromatic heterocycles. The van der Waals surface area contributed by atoms with Gasteiger partial charge in [0.25, 0.3) is 0 Å². The van der Waals surface area contributed by atoms with Crippen molar-refractivity contribution in [2.75, 3.05) is 10.6 Å². The third-order valence-corrected chi connectivity index (χ3v) is 9.28. The van der Waals surface area contributed by atoms with Crippen LogP contribution < -0.4 is 10.6 Å². The zero-order chi connectivity index (χ0) is 27.9. The molecule has 5 rings (SSSR count). The van der Waals surface area contributed by atoms with Crippen molar-refractivity contribution in [1.82, 2.24) is 20.4 Å². The summed E-state index contributed by atoms with van der Waals surface area (Å²) in [5.41, 5.74) is 4.43. The third kappa shape index (κ3) is 7.37. The summed E-state index contributed by atoms with van der Waals surface area (Å²) < 4.78 is 0. The molecule has 0 aliphatic heterocycles. The molecule has 2 amide bonds. The van der Waals surface area contributed by atoms with Gasteiger partial charge in [0.15, 0.2) is 0 Å². The fourth-order valence-electron chi connectivity index (χ4n) is 5.16. The average Bonchev–Trinajstić information content (AvgIpc) is 3.63. The Labute approximate surface area is 242 Å². The molecule has 8 nitrogen and oxygen atoms in total. The maximum atomic E-state index is 12.6. The van der Waals surface area contributed by atoms with Crippen LogP contribution in [0.2, 0.25) is 0 Å². The van der Waals surface area contributed by atoms with E-state index in [1.54, 1.807) is 0 Å². The Balaban J connectivity index is 1.14. The normalized spacial score (nSPS) is 16.9. The fraction of sp³-hybridized carbons (Fsp3) is 0.400. The standard InChI is InChI=1S/C30H34N6O2S2/c1-3-19-8-5-10-21(14-19)16-25(37)31-29-35-33-27(39-29)23-12-7-13-24(18-23)28-34-36-30(40-28)32-26(38)17-22-11-6-9-20(4-2)15-22/h5-6,8-11,14-15,23-24H,3-4,7,12-13,16-18H2,1-2H3,(H,31,35,37)(H,32,36,38)/t23-,24-/m0/s1. The molecule has 2 aromatic carbocycles. The maximum absolute atomic E-state index is 12.6. The number of nitrogens with zero attached hydrogens (tertiary/aromatic N) is 4. The number of aryl methyl sites for hydroxylation is 2. The number of anilines is 2. The van der Waals surface area contributed by atoms with E-state index < -0.39 is 0 Å². The van der Waals surface area contributed by atoms with Gasteiger partial charge in [-0.05, 0) is 54.4 Å². The first-order valence-corrected chi connectivity index (χ1v) is 15.5. The van der Waals surface area contributed by atoms with E-state index >= 15 is 0 Å². The number of amides is 2. The van der Waals surface area contributed by atoms with Crippen molar-refractivity contribution in [2.45, 2.75) is 77.0 Å². The van der Waals surface area contributed by atoms with Gasteiger partial charge in [0.2, 0.25) is 22.1 Å². The molecule has 1 aliphatic carbocycles. The van der Waals surface area contributed by atoms with Crippen LogP contribution in [-0.4, -0.2) is 32.2 Å². The number of aromatic nitrogens is 4. The third-order valence-electron chi connectivity index (χ3n) is 7.28. The highest BCUT2D eigenvalue weighted by molar-refractivity contribution is 7.15. The van der Waals surface area contributed by atoms with Crippen molar-refractivity contribution in [3.05, 3.63) is 80.8 Å². The number of rotatable bonds is 10. The fourth-order valence-corrected chi connectivity index (χ4v) is 6.97. The van der Waals surface area contributed by atoms with Crippen LogP contribution in [0.4, 0.5) is 10.3 Å². The average molecular weight is 575 g/mol. The second-order valence-electron chi connectivity index (χ2n) is 10.2. The zero-order valence-electron chi connectivity index (χ0n) is 22.9. The van der Waals surface area contributed by atoms with Crippen molar-refractivity contribution >= 4 is 44.8 Å². The predicted molar refractivity (Wildman–Crippen MR) is 160 cm³/mol. The minimum Gasteiger partial charge on any atom is -0.300 e. The molecule has 0 spiro atoms. The lowest BCUT2D eigenvalue weighted by molar-refractivity contribution is -0.116. The van der Waals surface area contributed by atoms with Gasteiger partial charge < -0.3 is 10.6 Å². The van der Waals surface area contributed by atoms with Crippen molar-refractivity contribution in [3.8, 4) is 0 Å². The monoisotopic (exact) mass is 574 g/mol. The topological polar surface area (TPSA) is 110 Å². The first-order valence-electron chi connectivity index (χ1n) is 13.9. The Morgan fingerprint density at radius 2 is 1.18 bits per heavy atom. The summed E-state index contributed by atoms with van der Waals surface area (Å²) in [6.07, 6.45) is 6.53. The Morgan fingerprint density at radius 1 is 0.725 bits per heavy atom. The highest BCUT2D eigenvalue weighted by atomic mass is 32.1. The predicted octanol–water partition coefficient (Wildman–Crippen LogP) is 6.32. The molecule has 1 aliphatic rings. The Bertz CT molecular complexity index is 1360. The second-order valence-corrected chi connectivity index (χ2v) is 12.3. The molecular weight excluding hydrogens is 541 g/mol. The van der Waals surface area contributed by atoms with Crippen LogP contribution in [-0.2, 0) is 35.3 Å². The molecule has 4 aromatic rings. The number of hydrogen-bond acceptors (Lipinski definition) is 8. The van der Waals surface area contributed by atoms with E-state index in [0.29, 0.717) is 23.1 Å². The molecule has 2 atom stereocenters. The highest BCUT2D eigenvalue weighted by Crippen LogP contribution is 2.43. The summed E-state index contributed by atoms with van der Waals surface area (Å²) in [6.45, 7) is 4.21. The number of nitrogens with one attached hydrogen (secondary N) is 2. The first kappa shape index (κ1) is 28.0. The highest BCUT2D eigenvalue weighted by Gasteiger charge is 2.29. The lowest BCUT2D eigenvalue weighted by atomic mass is 9.82. The minimum absolute atomic E-state index is 0.0843. The largest absolute Gasteiger partial charge is 0.300 e. The van der Waals surface area contributed by atoms with Crippen LogP contribution in [0.1, 0.15) is 83.6 Å². The van der Waals surface area contributed by atoms with Gasteiger partial charge in [0.1, 0.15) is 10.0 Å². The van der Waals surface area contributed by atoms with E-state index in [-0.39, 0.29) is 23.7 Å². The quantitative estimate of drug-likeness (QED) is 0.229. The van der Waals surface area contributed by atoms with Crippen LogP contribution in [0, 0.1) is 0 Å². The van der Waals surface area contributed by atoms with Crippen molar-refractivity contribution in [2.24, 2.45) is 0 Å². The summed E-state index contributed by atoms with van der Waals surface area (Å²) >= 11 is 2.91. The zero-order valence-corrected chi connectivity index (χ0v) is 24.5. The van der Waals surface area contributed by atoms with E-state index in [1.165, 1.54) is 33.8 Å². The lowest BCUT2D eigenvalue weighted by Gasteiger charge is -2.25. The molecule has 0 saturated heterocycles. The van der Waals surface area contributed by atoms with Crippen LogP contribution in [0.15, 0.2) is 48.5 Å². The number of benzene rings is 2. The van der Waals surface area contributed by atoms with E-state index in [9.17, 15) is 9.59 Å². The van der Waals surface area contributed by atoms with Gasteiger partial charge in [0.05, 0.1) is 12.8 Å². The molecule has 2 heterocycles. The summed E-state index contributed by atoms with van der Waals surface area (Å²) in [5, 5.41) is 26.1. The van der Waals surface area contributed by atoms with E-state index in [4.69, 9.17) is 0 Å². The molecule has 1 fully saturated rings. The van der Waals surface area contributed by atoms with Crippen LogP contribution >= 0.6 is 22.7 Å². The van der Waals surface area contributed by atoms with Crippen molar-refractivity contribution < 1.29 is 9.59 Å². The van der Waals surface area contributed by atoms with Crippen LogP contribution in [0.5, 0.6) is 0 Å². The molecule has 208 valence electrons. The number of carbonyl (C=O) groups excluding carboxylic acids is 2. The first-order chi connectivity index (χ1) is 19.5. The molecule has 10 heteroatoms. The molecular formula is C30H34N6O2S2. The smallest absolute Gasteiger partial charge is 0.230 e. The van der Waals surface area contributed by atoms with E-state index in [1.807, 2.05) is 24.3 Å². The van der Waals surface area contributed by atoms with Crippen LogP contribution in [0.3, 0.4) is 0 Å². The van der Waals surface area contributed by atoms with Gasteiger partial charge in [0, 0.05) is 11.8 Å². The minimum atomic E-state index is -0.0843. The summed E-state index contributed by atoms with van der Waals surface area (Å²) in [6, 6.07) is 16.2.